The van der Waals surface area contributed by atoms with Crippen LogP contribution in [-0.4, -0.2) is 59.9 Å². The number of hydrogen-bond acceptors (Lipinski definition) is 5. The van der Waals surface area contributed by atoms with E-state index in [2.05, 4.69) is 5.32 Å². The summed E-state index contributed by atoms with van der Waals surface area (Å²) in [5.74, 6) is 0.617. The normalized spacial score (nSPS) is 22.6. The molecule has 2 aromatic carbocycles. The second-order valence-electron chi connectivity index (χ2n) is 9.79. The lowest BCUT2D eigenvalue weighted by molar-refractivity contribution is -0.123. The van der Waals surface area contributed by atoms with Gasteiger partial charge >= 0.3 is 6.03 Å². The van der Waals surface area contributed by atoms with Gasteiger partial charge in [0, 0.05) is 40.6 Å². The van der Waals surface area contributed by atoms with Crippen LogP contribution >= 0.6 is 34.8 Å². The molecule has 3 atom stereocenters. The van der Waals surface area contributed by atoms with Crippen molar-refractivity contribution >= 4 is 52.6 Å². The number of carbonyl (C=O) groups is 2. The minimum absolute atomic E-state index is 0.0415. The molecule has 40 heavy (non-hydrogen) atoms. The fourth-order valence-electron chi connectivity index (χ4n) is 5.35. The van der Waals surface area contributed by atoms with Gasteiger partial charge in [-0.3, -0.25) is 14.7 Å². The third kappa shape index (κ3) is 5.72. The number of nitrogens with zero attached hydrogens (tertiary/aromatic N) is 3. The summed E-state index contributed by atoms with van der Waals surface area (Å²) in [6.45, 7) is 3.18. The molecule has 2 aromatic rings. The van der Waals surface area contributed by atoms with Gasteiger partial charge in [0.25, 0.3) is 0 Å². The van der Waals surface area contributed by atoms with Gasteiger partial charge in [0.2, 0.25) is 5.91 Å². The van der Waals surface area contributed by atoms with Crippen LogP contribution in [-0.2, 0) is 11.3 Å². The van der Waals surface area contributed by atoms with E-state index >= 15 is 0 Å². The minimum Gasteiger partial charge on any atom is -0.493 e. The average molecular weight is 603 g/mol. The fraction of sp³-hybridized carbons (Fsp3) is 0.345. The summed E-state index contributed by atoms with van der Waals surface area (Å²) in [7, 11) is 0. The van der Waals surface area contributed by atoms with E-state index in [1.807, 2.05) is 55.5 Å². The SMILES string of the molecule is CCOc1cc(Cl)c(CN)cc1C1=N[C@@H](c2ccc(Cl)cc2)[C@@H](C2C=CC(Cl)=CC2)N1C(=O)N1CCNC(=O)C1. The number of amidine groups is 1. The van der Waals surface area contributed by atoms with Crippen molar-refractivity contribution in [3.8, 4) is 5.75 Å². The van der Waals surface area contributed by atoms with Gasteiger partial charge in [0.1, 0.15) is 18.1 Å². The molecule has 0 aromatic heterocycles. The van der Waals surface area contributed by atoms with Gasteiger partial charge in [-0.25, -0.2) is 4.79 Å². The number of ether oxygens (including phenoxy) is 1. The van der Waals surface area contributed by atoms with Gasteiger partial charge in [-0.05, 0) is 54.8 Å². The molecule has 0 radical (unpaired) electrons. The molecular weight excluding hydrogens is 573 g/mol. The lowest BCUT2D eigenvalue weighted by Crippen LogP contribution is -2.57. The van der Waals surface area contributed by atoms with Crippen LogP contribution in [0, 0.1) is 5.92 Å². The molecular formula is C29H30Cl3N5O3. The molecule has 3 N–H and O–H groups in total. The van der Waals surface area contributed by atoms with Gasteiger partial charge in [-0.2, -0.15) is 0 Å². The van der Waals surface area contributed by atoms with Crippen molar-refractivity contribution < 1.29 is 14.3 Å². The first-order valence-electron chi connectivity index (χ1n) is 13.2. The standard InChI is InChI=1S/C29H30Cl3N5O3/c1-2-40-24-14-23(32)19(15-33)13-22(24)28-35-26(17-3-7-20(30)8-4-17)27(18-5-9-21(31)10-6-18)37(28)29(39)36-12-11-34-25(38)16-36/h3-5,7-10,13-14,18,26-27H,2,6,11-12,15-16,33H2,1H3,(H,34,38)/t18?,26-,27+/m0/s1. The highest BCUT2D eigenvalue weighted by Gasteiger charge is 2.47. The van der Waals surface area contributed by atoms with E-state index in [0.717, 1.165) is 5.56 Å². The Kier molecular flexibility index (Phi) is 8.71. The van der Waals surface area contributed by atoms with Gasteiger partial charge in [-0.15, -0.1) is 0 Å². The van der Waals surface area contributed by atoms with Crippen molar-refractivity contribution in [3.05, 3.63) is 86.4 Å². The predicted octanol–water partition coefficient (Wildman–Crippen LogP) is 5.27. The van der Waals surface area contributed by atoms with E-state index in [1.165, 1.54) is 0 Å². The van der Waals surface area contributed by atoms with E-state index in [-0.39, 0.29) is 30.9 Å². The van der Waals surface area contributed by atoms with Crippen LogP contribution in [0.3, 0.4) is 0 Å². The number of carbonyl (C=O) groups excluding carboxylic acids is 2. The Morgan fingerprint density at radius 3 is 2.62 bits per heavy atom. The number of allylic oxidation sites excluding steroid dienone is 3. The zero-order valence-corrected chi connectivity index (χ0v) is 24.2. The average Bonchev–Trinajstić information content (AvgIpc) is 3.34. The zero-order valence-electron chi connectivity index (χ0n) is 21.9. The zero-order chi connectivity index (χ0) is 28.4. The molecule has 1 unspecified atom stereocenters. The molecule has 0 saturated carbocycles. The van der Waals surface area contributed by atoms with Gasteiger partial charge in [0.15, 0.2) is 0 Å². The molecule has 5 rings (SSSR count). The summed E-state index contributed by atoms with van der Waals surface area (Å²) in [6.07, 6.45) is 6.43. The summed E-state index contributed by atoms with van der Waals surface area (Å²) in [5, 5.41) is 4.51. The van der Waals surface area contributed by atoms with E-state index in [0.29, 0.717) is 63.9 Å². The molecule has 1 saturated heterocycles. The second kappa shape index (κ2) is 12.2. The maximum atomic E-state index is 14.4. The summed E-state index contributed by atoms with van der Waals surface area (Å²) in [6, 6.07) is 9.88. The van der Waals surface area contributed by atoms with Crippen molar-refractivity contribution in [2.24, 2.45) is 16.6 Å². The van der Waals surface area contributed by atoms with Crippen molar-refractivity contribution in [2.45, 2.75) is 32.0 Å². The van der Waals surface area contributed by atoms with E-state index < -0.39 is 12.1 Å². The molecule has 2 heterocycles. The number of amides is 3. The van der Waals surface area contributed by atoms with Crippen molar-refractivity contribution in [2.75, 3.05) is 26.2 Å². The molecule has 2 aliphatic heterocycles. The molecule has 210 valence electrons. The Hall–Kier alpha value is -3.04. The molecule has 8 nitrogen and oxygen atoms in total. The first kappa shape index (κ1) is 28.5. The van der Waals surface area contributed by atoms with E-state index in [1.54, 1.807) is 15.9 Å². The third-order valence-corrected chi connectivity index (χ3v) is 8.16. The lowest BCUT2D eigenvalue weighted by atomic mass is 9.85. The van der Waals surface area contributed by atoms with Crippen molar-refractivity contribution in [1.82, 2.24) is 15.1 Å². The highest BCUT2D eigenvalue weighted by Crippen LogP contribution is 2.43. The van der Waals surface area contributed by atoms with Crippen LogP contribution in [0.15, 0.2) is 64.7 Å². The minimum atomic E-state index is -0.429. The number of nitrogens with one attached hydrogen (secondary N) is 1. The number of benzene rings is 2. The lowest BCUT2D eigenvalue weighted by Gasteiger charge is -2.38. The predicted molar refractivity (Wildman–Crippen MR) is 158 cm³/mol. The van der Waals surface area contributed by atoms with Crippen LogP contribution in [0.5, 0.6) is 5.75 Å². The number of aliphatic imine (C=N–C) groups is 1. The highest BCUT2D eigenvalue weighted by atomic mass is 35.5. The summed E-state index contributed by atoms with van der Waals surface area (Å²) >= 11 is 19.0. The number of rotatable bonds is 6. The Morgan fingerprint density at radius 1 is 1.20 bits per heavy atom. The quantitative estimate of drug-likeness (QED) is 0.470. The molecule has 11 heteroatoms. The van der Waals surface area contributed by atoms with Crippen molar-refractivity contribution in [1.29, 1.82) is 0 Å². The van der Waals surface area contributed by atoms with Crippen LogP contribution in [0.2, 0.25) is 10.0 Å². The van der Waals surface area contributed by atoms with Crippen molar-refractivity contribution in [3.63, 3.8) is 0 Å². The van der Waals surface area contributed by atoms with Crippen LogP contribution in [0.4, 0.5) is 4.79 Å². The van der Waals surface area contributed by atoms with Crippen LogP contribution < -0.4 is 15.8 Å². The first-order valence-corrected chi connectivity index (χ1v) is 14.3. The molecule has 0 bridgehead atoms. The largest absolute Gasteiger partial charge is 0.493 e. The van der Waals surface area contributed by atoms with Gasteiger partial charge in [0.05, 0.1) is 24.3 Å². The van der Waals surface area contributed by atoms with E-state index in [9.17, 15) is 9.59 Å². The molecule has 1 fully saturated rings. The number of nitrogens with two attached hydrogens (primary N) is 1. The smallest absolute Gasteiger partial charge is 0.326 e. The Labute approximate surface area is 248 Å². The fourth-order valence-corrected chi connectivity index (χ4v) is 5.87. The van der Waals surface area contributed by atoms with Gasteiger partial charge in [-0.1, -0.05) is 59.1 Å². The second-order valence-corrected chi connectivity index (χ2v) is 11.1. The Bertz CT molecular complexity index is 1390. The summed E-state index contributed by atoms with van der Waals surface area (Å²) in [5.41, 5.74) is 8.23. The number of hydrogen-bond donors (Lipinski definition) is 2. The molecule has 3 amide bonds. The number of halogens is 3. The van der Waals surface area contributed by atoms with Gasteiger partial charge < -0.3 is 20.7 Å². The third-order valence-electron chi connectivity index (χ3n) is 7.27. The molecule has 3 aliphatic rings. The number of urea groups is 1. The monoisotopic (exact) mass is 601 g/mol. The maximum absolute atomic E-state index is 14.4. The highest BCUT2D eigenvalue weighted by molar-refractivity contribution is 6.32. The Morgan fingerprint density at radius 2 is 1.98 bits per heavy atom. The molecule has 1 aliphatic carbocycles. The van der Waals surface area contributed by atoms with Crippen LogP contribution in [0.1, 0.15) is 36.1 Å². The summed E-state index contributed by atoms with van der Waals surface area (Å²) in [4.78, 5) is 35.1. The van der Waals surface area contributed by atoms with E-state index in [4.69, 9.17) is 50.3 Å². The maximum Gasteiger partial charge on any atom is 0.326 e. The summed E-state index contributed by atoms with van der Waals surface area (Å²) < 4.78 is 5.99. The van der Waals surface area contributed by atoms with Crippen LogP contribution in [0.25, 0.3) is 0 Å². The number of piperazine rings is 1. The Balaban J connectivity index is 1.70. The first-order chi connectivity index (χ1) is 19.3. The molecule has 0 spiro atoms. The topological polar surface area (TPSA) is 100 Å².